The molecule has 0 radical (unpaired) electrons. The fourth-order valence-electron chi connectivity index (χ4n) is 4.40. The molecule has 1 nitrogen and oxygen atoms in total. The average Bonchev–Trinajstić information content (AvgIpc) is 2.90. The highest BCUT2D eigenvalue weighted by molar-refractivity contribution is 5.85. The van der Waals surface area contributed by atoms with E-state index in [1.165, 1.54) is 42.9 Å². The van der Waals surface area contributed by atoms with Crippen molar-refractivity contribution < 1.29 is 13.2 Å². The van der Waals surface area contributed by atoms with Crippen molar-refractivity contribution in [3.63, 3.8) is 0 Å². The number of nitrogens with zero attached hydrogens (tertiary/aromatic N) is 1. The second kappa shape index (κ2) is 12.3. The van der Waals surface area contributed by atoms with E-state index >= 15 is 4.39 Å². The largest absolute Gasteiger partial charge is 0.205 e. The quantitative estimate of drug-likeness (QED) is 0.178. The maximum Gasteiger partial charge on any atom is 0.146 e. The zero-order valence-corrected chi connectivity index (χ0v) is 20.9. The van der Waals surface area contributed by atoms with Gasteiger partial charge in [-0.15, -0.1) is 0 Å². The van der Waals surface area contributed by atoms with E-state index < -0.39 is 23.0 Å². The summed E-state index contributed by atoms with van der Waals surface area (Å²) in [5.74, 6) is 2.80. The summed E-state index contributed by atoms with van der Waals surface area (Å²) in [6.45, 7) is 2.22. The first-order valence-corrected chi connectivity index (χ1v) is 12.7. The van der Waals surface area contributed by atoms with Crippen LogP contribution in [-0.2, 0) is 19.3 Å². The monoisotopic (exact) mass is 495 g/mol. The molecule has 0 atom stereocenters. The first-order chi connectivity index (χ1) is 18.0. The summed E-state index contributed by atoms with van der Waals surface area (Å²) in [5, 5.41) is 10.0. The van der Waals surface area contributed by atoms with Gasteiger partial charge in [0.2, 0.25) is 0 Å². The van der Waals surface area contributed by atoms with Gasteiger partial charge in [0.05, 0.1) is 5.56 Å². The molecular formula is C33H28F3N. The number of rotatable bonds is 8. The number of aryl methyl sites for hydroxylation is 3. The predicted molar refractivity (Wildman–Crippen MR) is 143 cm³/mol. The molecule has 4 rings (SSSR count). The van der Waals surface area contributed by atoms with Crippen molar-refractivity contribution in [2.24, 2.45) is 0 Å². The zero-order chi connectivity index (χ0) is 26.2. The normalized spacial score (nSPS) is 10.7. The Labute approximate surface area is 216 Å². The minimum atomic E-state index is -0.989. The van der Waals surface area contributed by atoms with Gasteiger partial charge < -0.3 is 0 Å². The molecule has 4 heteroatoms. The highest BCUT2D eigenvalue weighted by Crippen LogP contribution is 2.23. The zero-order valence-electron chi connectivity index (χ0n) is 20.9. The Balaban J connectivity index is 1.43. The number of nitriles is 1. The Kier molecular flexibility index (Phi) is 8.65. The third-order valence-electron chi connectivity index (χ3n) is 6.56. The second-order valence-electron chi connectivity index (χ2n) is 9.29. The molecule has 0 heterocycles. The Morgan fingerprint density at radius 3 is 2.00 bits per heavy atom. The van der Waals surface area contributed by atoms with Crippen molar-refractivity contribution in [1.82, 2.24) is 0 Å². The third kappa shape index (κ3) is 6.60. The van der Waals surface area contributed by atoms with Crippen LogP contribution in [0.1, 0.15) is 66.0 Å². The molecule has 0 bridgehead atoms. The van der Waals surface area contributed by atoms with Crippen LogP contribution in [0, 0.1) is 40.6 Å². The molecule has 37 heavy (non-hydrogen) atoms. The van der Waals surface area contributed by atoms with E-state index in [2.05, 4.69) is 43.0 Å². The van der Waals surface area contributed by atoms with Crippen LogP contribution in [0.5, 0.6) is 0 Å². The first kappa shape index (κ1) is 26.1. The fraction of sp³-hybridized carbons (Fsp3) is 0.242. The van der Waals surface area contributed by atoms with Gasteiger partial charge >= 0.3 is 0 Å². The van der Waals surface area contributed by atoms with E-state index in [9.17, 15) is 8.78 Å². The summed E-state index contributed by atoms with van der Waals surface area (Å²) >= 11 is 0. The van der Waals surface area contributed by atoms with Gasteiger partial charge in [0.15, 0.2) is 0 Å². The molecule has 0 unspecified atom stereocenters. The molecule has 0 spiro atoms. The predicted octanol–water partition coefficient (Wildman–Crippen LogP) is 8.44. The van der Waals surface area contributed by atoms with Crippen LogP contribution in [0.2, 0.25) is 0 Å². The average molecular weight is 496 g/mol. The fourth-order valence-corrected chi connectivity index (χ4v) is 4.40. The molecule has 0 aliphatic heterocycles. The van der Waals surface area contributed by atoms with Gasteiger partial charge in [-0.3, -0.25) is 0 Å². The van der Waals surface area contributed by atoms with Gasteiger partial charge in [-0.25, -0.2) is 13.2 Å². The molecule has 0 aliphatic carbocycles. The van der Waals surface area contributed by atoms with Crippen molar-refractivity contribution in [2.45, 2.75) is 51.9 Å². The van der Waals surface area contributed by atoms with Crippen molar-refractivity contribution in [3.8, 4) is 17.9 Å². The van der Waals surface area contributed by atoms with Crippen LogP contribution in [0.25, 0.3) is 10.8 Å². The first-order valence-electron chi connectivity index (χ1n) is 12.7. The van der Waals surface area contributed by atoms with E-state index in [1.807, 2.05) is 12.1 Å². The molecule has 0 N–H and O–H groups in total. The molecule has 0 aliphatic rings. The lowest BCUT2D eigenvalue weighted by Crippen LogP contribution is -1.94. The molecule has 0 amide bonds. The Morgan fingerprint density at radius 1 is 0.676 bits per heavy atom. The summed E-state index contributed by atoms with van der Waals surface area (Å²) < 4.78 is 42.7. The Bertz CT molecular complexity index is 1480. The number of hydrogen-bond acceptors (Lipinski definition) is 1. The second-order valence-corrected chi connectivity index (χ2v) is 9.29. The molecule has 4 aromatic carbocycles. The number of benzene rings is 4. The van der Waals surface area contributed by atoms with Crippen LogP contribution < -0.4 is 0 Å². The smallest absolute Gasteiger partial charge is 0.146 e. The highest BCUT2D eigenvalue weighted by Gasteiger charge is 2.10. The number of hydrogen-bond donors (Lipinski definition) is 0. The van der Waals surface area contributed by atoms with Gasteiger partial charge in [0.25, 0.3) is 0 Å². The van der Waals surface area contributed by atoms with Crippen molar-refractivity contribution >= 4 is 10.8 Å². The SMILES string of the molecule is CCCCCCc1ccc(CCc2ccc3c(F)c(C#Cc4cc(F)c(C#N)c(F)c4)ccc3c2)cc1. The lowest BCUT2D eigenvalue weighted by atomic mass is 9.98. The minimum absolute atomic E-state index is 0.0355. The standard InChI is InChI=1S/C33H28F3N/c1-2-3-4-5-6-23-7-9-24(10-8-23)11-12-25-14-18-29-28(19-25)17-16-27(33(29)36)15-13-26-20-31(34)30(22-37)32(35)21-26/h7-10,14,16-21H,2-6,11-12H2,1H3. The molecular weight excluding hydrogens is 467 g/mol. The molecule has 0 aromatic heterocycles. The summed E-state index contributed by atoms with van der Waals surface area (Å²) in [6, 6.07) is 21.3. The maximum atomic E-state index is 15.1. The van der Waals surface area contributed by atoms with Gasteiger partial charge in [-0.05, 0) is 66.0 Å². The van der Waals surface area contributed by atoms with Crippen molar-refractivity contribution in [3.05, 3.63) is 118 Å². The van der Waals surface area contributed by atoms with Gasteiger partial charge in [0, 0.05) is 10.9 Å². The lowest BCUT2D eigenvalue weighted by Gasteiger charge is -2.07. The Hall–Kier alpha value is -4.02. The van der Waals surface area contributed by atoms with E-state index in [4.69, 9.17) is 5.26 Å². The van der Waals surface area contributed by atoms with Gasteiger partial charge in [0.1, 0.15) is 29.1 Å². The van der Waals surface area contributed by atoms with E-state index in [-0.39, 0.29) is 11.1 Å². The minimum Gasteiger partial charge on any atom is -0.205 e. The van der Waals surface area contributed by atoms with Crippen LogP contribution >= 0.6 is 0 Å². The van der Waals surface area contributed by atoms with Gasteiger partial charge in [-0.2, -0.15) is 5.26 Å². The van der Waals surface area contributed by atoms with Gasteiger partial charge in [-0.1, -0.05) is 86.6 Å². The molecule has 4 aromatic rings. The highest BCUT2D eigenvalue weighted by atomic mass is 19.1. The Morgan fingerprint density at radius 2 is 1.32 bits per heavy atom. The lowest BCUT2D eigenvalue weighted by molar-refractivity contribution is 0.576. The topological polar surface area (TPSA) is 23.8 Å². The molecule has 0 saturated carbocycles. The summed E-state index contributed by atoms with van der Waals surface area (Å²) in [6.07, 6.45) is 7.95. The van der Waals surface area contributed by atoms with Crippen LogP contribution in [-0.4, -0.2) is 0 Å². The van der Waals surface area contributed by atoms with Crippen LogP contribution in [0.15, 0.2) is 66.7 Å². The van der Waals surface area contributed by atoms with Crippen molar-refractivity contribution in [2.75, 3.05) is 0 Å². The summed E-state index contributed by atoms with van der Waals surface area (Å²) in [7, 11) is 0. The number of halogens is 3. The molecule has 186 valence electrons. The van der Waals surface area contributed by atoms with E-state index in [0.717, 1.165) is 42.3 Å². The number of unbranched alkanes of at least 4 members (excludes halogenated alkanes) is 3. The third-order valence-corrected chi connectivity index (χ3v) is 6.56. The summed E-state index contributed by atoms with van der Waals surface area (Å²) in [4.78, 5) is 0. The maximum absolute atomic E-state index is 15.1. The van der Waals surface area contributed by atoms with Crippen LogP contribution in [0.4, 0.5) is 13.2 Å². The number of fused-ring (bicyclic) bond motifs is 1. The van der Waals surface area contributed by atoms with E-state index in [0.29, 0.717) is 5.39 Å². The molecule has 0 fully saturated rings. The summed E-state index contributed by atoms with van der Waals surface area (Å²) in [5.41, 5.74) is 3.30. The van der Waals surface area contributed by atoms with Crippen molar-refractivity contribution in [1.29, 1.82) is 5.26 Å². The van der Waals surface area contributed by atoms with Crippen LogP contribution in [0.3, 0.4) is 0 Å². The molecule has 0 saturated heterocycles. The van der Waals surface area contributed by atoms with E-state index in [1.54, 1.807) is 18.2 Å².